The molecule has 10 rings (SSSR count). The third kappa shape index (κ3) is 11.0. The van der Waals surface area contributed by atoms with E-state index in [9.17, 15) is 19.2 Å². The van der Waals surface area contributed by atoms with Crippen molar-refractivity contribution in [1.82, 2.24) is 39.3 Å². The third-order valence-corrected chi connectivity index (χ3v) is 14.4. The summed E-state index contributed by atoms with van der Waals surface area (Å²) in [6, 6.07) is 12.7. The number of allylic oxidation sites excluding steroid dienone is 4. The van der Waals surface area contributed by atoms with E-state index in [0.717, 1.165) is 85.9 Å². The summed E-state index contributed by atoms with van der Waals surface area (Å²) < 4.78 is 25.0. The van der Waals surface area contributed by atoms with Gasteiger partial charge in [0.15, 0.2) is 0 Å². The predicted octanol–water partition coefficient (Wildman–Crippen LogP) is 7.54. The number of fused-ring (bicyclic) bond motifs is 2. The van der Waals surface area contributed by atoms with Crippen LogP contribution in [0.4, 0.5) is 26.5 Å². The molecule has 6 aliphatic rings. The van der Waals surface area contributed by atoms with Gasteiger partial charge in [-0.3, -0.25) is 39.5 Å². The van der Waals surface area contributed by atoms with Crippen molar-refractivity contribution in [3.05, 3.63) is 141 Å². The van der Waals surface area contributed by atoms with Crippen LogP contribution in [0.15, 0.2) is 102 Å². The lowest BCUT2D eigenvalue weighted by atomic mass is 9.89. The summed E-state index contributed by atoms with van der Waals surface area (Å²) in [5, 5.41) is 16.6. The van der Waals surface area contributed by atoms with E-state index < -0.39 is 17.7 Å². The highest BCUT2D eigenvalue weighted by Gasteiger charge is 2.30. The topological polar surface area (TPSA) is 171 Å². The van der Waals surface area contributed by atoms with Crippen LogP contribution in [0.5, 0.6) is 0 Å². The van der Waals surface area contributed by atoms with Crippen molar-refractivity contribution >= 4 is 46.7 Å². The van der Waals surface area contributed by atoms with Gasteiger partial charge in [-0.15, -0.1) is 0 Å². The number of halogens is 1. The van der Waals surface area contributed by atoms with Crippen molar-refractivity contribution in [3.8, 4) is 0 Å². The zero-order valence-electron chi connectivity index (χ0n) is 41.6. The van der Waals surface area contributed by atoms with Crippen molar-refractivity contribution in [2.45, 2.75) is 103 Å². The van der Waals surface area contributed by atoms with E-state index in [4.69, 9.17) is 9.84 Å². The quantitative estimate of drug-likeness (QED) is 0.110. The maximum atomic E-state index is 15.4. The standard InChI is InChI=1S/C55H64FN11O5/c1-55(2,3)72-54(71)60-49-14-10-39(31-58-49)44-16-21-57-51-46(44)30-42(63(51)4)33-65-22-17-36(18-23-65)35-6-5-7-38(9-8-35)53(70)66-26-27-67-43(34-66)28-41(62-67)32-64-24-19-37(20-25-64)45-12-11-40(29-47(45)56)59-48-13-15-50(68)61-52(48)69/h6-12,14,16-17,28-31,37,48,57,59H,5,13,15,18-27,32-34H2,1-4H3,(H,58,60,71)(H,61,68,69). The molecule has 17 heteroatoms. The lowest BCUT2D eigenvalue weighted by molar-refractivity contribution is -0.133. The second-order valence-electron chi connectivity index (χ2n) is 20.6. The maximum absolute atomic E-state index is 15.4. The Balaban J connectivity index is 0.686. The Kier molecular flexibility index (Phi) is 13.8. The number of likely N-dealkylation sites (tertiary alicyclic amines) is 1. The summed E-state index contributed by atoms with van der Waals surface area (Å²) in [5.74, 6) is 0.703. The second kappa shape index (κ2) is 20.5. The maximum Gasteiger partial charge on any atom is 0.413 e. The zero-order chi connectivity index (χ0) is 50.1. The molecule has 0 spiro atoms. The molecular formula is C55H64FN11O5. The van der Waals surface area contributed by atoms with Gasteiger partial charge in [0.1, 0.15) is 29.1 Å². The molecule has 5 aliphatic heterocycles. The van der Waals surface area contributed by atoms with Gasteiger partial charge in [-0.2, -0.15) is 5.10 Å². The molecule has 72 heavy (non-hydrogen) atoms. The van der Waals surface area contributed by atoms with Crippen LogP contribution in [-0.2, 0) is 52.3 Å². The Bertz CT molecular complexity index is 2930. The lowest BCUT2D eigenvalue weighted by Gasteiger charge is -2.32. The van der Waals surface area contributed by atoms with Crippen molar-refractivity contribution < 1.29 is 28.3 Å². The number of nitrogens with one attached hydrogen (secondary N) is 4. The smallest absolute Gasteiger partial charge is 0.413 e. The van der Waals surface area contributed by atoms with Gasteiger partial charge in [0.05, 0.1) is 24.5 Å². The molecule has 376 valence electrons. The molecule has 0 saturated carbocycles. The molecule has 4 aromatic rings. The largest absolute Gasteiger partial charge is 0.444 e. The number of pyridine rings is 1. The fraction of sp³-hybridized carbons (Fsp3) is 0.418. The molecule has 8 heterocycles. The van der Waals surface area contributed by atoms with Crippen molar-refractivity contribution in [2.24, 2.45) is 7.05 Å². The molecule has 2 fully saturated rings. The van der Waals surface area contributed by atoms with E-state index in [1.807, 2.05) is 60.7 Å². The van der Waals surface area contributed by atoms with Gasteiger partial charge in [-0.05, 0) is 137 Å². The number of hydrogen-bond acceptors (Lipinski definition) is 11. The predicted molar refractivity (Wildman–Crippen MR) is 274 cm³/mol. The lowest BCUT2D eigenvalue weighted by Crippen LogP contribution is -2.47. The van der Waals surface area contributed by atoms with Crippen LogP contribution in [-0.4, -0.2) is 109 Å². The molecule has 4 amide bonds. The average Bonchev–Trinajstić information content (AvgIpc) is 3.80. The van der Waals surface area contributed by atoms with Gasteiger partial charge in [0.25, 0.3) is 5.91 Å². The molecule has 3 aromatic heterocycles. The number of piperidine rings is 2. The number of rotatable bonds is 11. The number of imide groups is 1. The molecule has 1 atom stereocenters. The number of nitrogens with zero attached hydrogens (tertiary/aromatic N) is 7. The number of benzene rings is 1. The summed E-state index contributed by atoms with van der Waals surface area (Å²) in [5.41, 5.74) is 10.3. The summed E-state index contributed by atoms with van der Waals surface area (Å²) in [4.78, 5) is 61.2. The fourth-order valence-electron chi connectivity index (χ4n) is 10.6. The number of carbonyl (C=O) groups excluding carboxylic acids is 4. The first-order valence-electron chi connectivity index (χ1n) is 25.3. The first kappa shape index (κ1) is 48.5. The van der Waals surface area contributed by atoms with Crippen LogP contribution < -0.4 is 21.3 Å². The molecular weight excluding hydrogens is 914 g/mol. The second-order valence-corrected chi connectivity index (χ2v) is 20.6. The summed E-state index contributed by atoms with van der Waals surface area (Å²) >= 11 is 0. The first-order valence-corrected chi connectivity index (χ1v) is 25.3. The Labute approximate surface area is 419 Å². The van der Waals surface area contributed by atoms with Crippen LogP contribution in [0.2, 0.25) is 0 Å². The Morgan fingerprint density at radius 1 is 0.903 bits per heavy atom. The minimum absolute atomic E-state index is 0.0361. The number of anilines is 3. The van der Waals surface area contributed by atoms with E-state index >= 15 is 4.39 Å². The SMILES string of the molecule is Cn1c(CN2CC=C(C3=CCC=C(C(=O)N4CCn5nc(CN6CCC(c7ccc(NC8CCC(=O)NC8=O)cc7F)CC6)cc5C4)C=C3)CC2)cc2c1NCC=C2c1ccc(NC(=O)OC(C)(C)C)nc1. The number of carbonyl (C=O) groups is 4. The Hall–Kier alpha value is -7.11. The van der Waals surface area contributed by atoms with Crippen molar-refractivity contribution in [1.29, 1.82) is 0 Å². The monoisotopic (exact) mass is 978 g/mol. The van der Waals surface area contributed by atoms with Gasteiger partial charge < -0.3 is 24.8 Å². The molecule has 1 aromatic carbocycles. The van der Waals surface area contributed by atoms with Crippen LogP contribution in [0.25, 0.3) is 5.57 Å². The molecule has 16 nitrogen and oxygen atoms in total. The third-order valence-electron chi connectivity index (χ3n) is 14.4. The van der Waals surface area contributed by atoms with Crippen molar-refractivity contribution in [2.75, 3.05) is 55.2 Å². The number of amides is 4. The van der Waals surface area contributed by atoms with E-state index in [0.29, 0.717) is 68.2 Å². The molecule has 4 N–H and O–H groups in total. The fourth-order valence-corrected chi connectivity index (χ4v) is 10.6. The van der Waals surface area contributed by atoms with E-state index in [2.05, 4.69) is 84.1 Å². The van der Waals surface area contributed by atoms with E-state index in [-0.39, 0.29) is 35.9 Å². The zero-order valence-corrected chi connectivity index (χ0v) is 41.6. The minimum Gasteiger partial charge on any atom is -0.444 e. The minimum atomic E-state index is -0.596. The normalized spacial score (nSPS) is 20.0. The summed E-state index contributed by atoms with van der Waals surface area (Å²) in [6.07, 6.45) is 18.0. The summed E-state index contributed by atoms with van der Waals surface area (Å²) in [6.45, 7) is 12.8. The van der Waals surface area contributed by atoms with Crippen LogP contribution in [0.1, 0.15) is 99.0 Å². The van der Waals surface area contributed by atoms with E-state index in [1.54, 1.807) is 12.3 Å². The highest BCUT2D eigenvalue weighted by Crippen LogP contribution is 2.36. The Morgan fingerprint density at radius 2 is 1.75 bits per heavy atom. The molecule has 1 unspecified atom stereocenters. The average molecular weight is 978 g/mol. The molecule has 0 radical (unpaired) electrons. The van der Waals surface area contributed by atoms with Gasteiger partial charge >= 0.3 is 6.09 Å². The highest BCUT2D eigenvalue weighted by atomic mass is 19.1. The van der Waals surface area contributed by atoms with Crippen LogP contribution in [0.3, 0.4) is 0 Å². The van der Waals surface area contributed by atoms with Gasteiger partial charge in [0.2, 0.25) is 11.8 Å². The van der Waals surface area contributed by atoms with Crippen LogP contribution in [0, 0.1) is 5.82 Å². The van der Waals surface area contributed by atoms with Gasteiger partial charge in [0, 0.05) is 87.0 Å². The molecule has 1 aliphatic carbocycles. The summed E-state index contributed by atoms with van der Waals surface area (Å²) in [7, 11) is 2.11. The van der Waals surface area contributed by atoms with E-state index in [1.165, 1.54) is 22.9 Å². The molecule has 0 bridgehead atoms. The Morgan fingerprint density at radius 3 is 2.50 bits per heavy atom. The first-order chi connectivity index (χ1) is 34.7. The van der Waals surface area contributed by atoms with Crippen LogP contribution >= 0.6 is 0 Å². The van der Waals surface area contributed by atoms with Crippen molar-refractivity contribution in [3.63, 3.8) is 0 Å². The van der Waals surface area contributed by atoms with Gasteiger partial charge in [-0.1, -0.05) is 36.4 Å². The molecule has 2 saturated heterocycles. The number of aromatic nitrogens is 4. The number of ether oxygens (including phenoxy) is 1. The van der Waals surface area contributed by atoms with Gasteiger partial charge in [-0.25, -0.2) is 14.2 Å². The highest BCUT2D eigenvalue weighted by molar-refractivity contribution is 6.01. The number of hydrogen-bond donors (Lipinski definition) is 4.